The molecule has 2 amide bonds. The molecule has 0 radical (unpaired) electrons. The molecule has 7 heteroatoms. The van der Waals surface area contributed by atoms with Gasteiger partial charge in [0.15, 0.2) is 0 Å². The highest BCUT2D eigenvalue weighted by atomic mass is 16.5. The van der Waals surface area contributed by atoms with E-state index in [1.807, 2.05) is 55.1 Å². The summed E-state index contributed by atoms with van der Waals surface area (Å²) in [5, 5.41) is 0. The number of aryl methyl sites for hydroxylation is 2. The minimum absolute atomic E-state index is 0.0189. The molecule has 1 heterocycles. The summed E-state index contributed by atoms with van der Waals surface area (Å²) in [7, 11) is 5.20. The topological polar surface area (TPSA) is 64.0 Å². The zero-order valence-corrected chi connectivity index (χ0v) is 18.5. The third-order valence-corrected chi connectivity index (χ3v) is 5.09. The molecule has 0 atom stereocenters. The maximum atomic E-state index is 13.2. The van der Waals surface area contributed by atoms with Crippen molar-refractivity contribution >= 4 is 11.8 Å². The molecule has 0 unspecified atom stereocenters. The molecule has 1 aromatic carbocycles. The summed E-state index contributed by atoms with van der Waals surface area (Å²) in [6.07, 6.45) is 2.62. The van der Waals surface area contributed by atoms with Crippen LogP contribution >= 0.6 is 0 Å². The van der Waals surface area contributed by atoms with Crippen LogP contribution in [-0.4, -0.2) is 73.2 Å². The summed E-state index contributed by atoms with van der Waals surface area (Å²) >= 11 is 0. The van der Waals surface area contributed by atoms with E-state index in [9.17, 15) is 9.59 Å². The quantitative estimate of drug-likeness (QED) is 0.500. The van der Waals surface area contributed by atoms with Gasteiger partial charge in [-0.1, -0.05) is 18.2 Å². The average Bonchev–Trinajstić information content (AvgIpc) is 3.14. The molecule has 0 aliphatic rings. The number of aromatic nitrogens is 1. The Morgan fingerprint density at radius 1 is 0.967 bits per heavy atom. The van der Waals surface area contributed by atoms with Gasteiger partial charge < -0.3 is 23.8 Å². The molecule has 1 aromatic heterocycles. The van der Waals surface area contributed by atoms with E-state index in [2.05, 4.69) is 0 Å². The molecule has 164 valence electrons. The Morgan fingerprint density at radius 2 is 1.70 bits per heavy atom. The van der Waals surface area contributed by atoms with E-state index in [-0.39, 0.29) is 18.4 Å². The molecule has 0 fully saturated rings. The molecule has 0 saturated heterocycles. The number of hydrogen-bond donors (Lipinski definition) is 0. The van der Waals surface area contributed by atoms with Gasteiger partial charge in [-0.05, 0) is 37.1 Å². The summed E-state index contributed by atoms with van der Waals surface area (Å²) in [5.41, 5.74) is 2.54. The number of rotatable bonds is 12. The highest BCUT2D eigenvalue weighted by Gasteiger charge is 2.23. The number of amides is 2. The van der Waals surface area contributed by atoms with Crippen molar-refractivity contribution in [2.45, 2.75) is 19.9 Å². The summed E-state index contributed by atoms with van der Waals surface area (Å²) in [6, 6.07) is 11.4. The minimum Gasteiger partial charge on any atom is -0.385 e. The number of methoxy groups -OCH3 is 2. The molecule has 0 aliphatic carbocycles. The second-order valence-electron chi connectivity index (χ2n) is 7.31. The van der Waals surface area contributed by atoms with E-state index >= 15 is 0 Å². The van der Waals surface area contributed by atoms with Gasteiger partial charge >= 0.3 is 0 Å². The van der Waals surface area contributed by atoms with Crippen LogP contribution in [0.25, 0.3) is 0 Å². The molecule has 0 aliphatic heterocycles. The second-order valence-corrected chi connectivity index (χ2v) is 7.31. The largest absolute Gasteiger partial charge is 0.385 e. The first kappa shape index (κ1) is 23.6. The summed E-state index contributed by atoms with van der Waals surface area (Å²) in [6.45, 7) is 4.28. The summed E-state index contributed by atoms with van der Waals surface area (Å²) in [4.78, 5) is 29.7. The molecule has 0 saturated carbocycles. The highest BCUT2D eigenvalue weighted by Crippen LogP contribution is 2.13. The fourth-order valence-corrected chi connectivity index (χ4v) is 3.25. The average molecular weight is 416 g/mol. The number of hydrogen-bond acceptors (Lipinski definition) is 4. The van der Waals surface area contributed by atoms with E-state index in [1.54, 1.807) is 30.1 Å². The predicted molar refractivity (Wildman–Crippen MR) is 116 cm³/mol. The Hall–Kier alpha value is -2.64. The molecule has 0 bridgehead atoms. The summed E-state index contributed by atoms with van der Waals surface area (Å²) in [5.74, 6) is -0.240. The van der Waals surface area contributed by atoms with E-state index in [0.717, 1.165) is 11.3 Å². The molecule has 30 heavy (non-hydrogen) atoms. The molecule has 2 aromatic rings. The van der Waals surface area contributed by atoms with Gasteiger partial charge in [0.25, 0.3) is 5.91 Å². The van der Waals surface area contributed by atoms with Crippen molar-refractivity contribution in [2.75, 3.05) is 47.1 Å². The minimum atomic E-state index is -0.136. The molecule has 7 nitrogen and oxygen atoms in total. The van der Waals surface area contributed by atoms with Crippen LogP contribution in [-0.2, 0) is 27.9 Å². The van der Waals surface area contributed by atoms with Crippen LogP contribution in [0.4, 0.5) is 0 Å². The predicted octanol–water partition coefficient (Wildman–Crippen LogP) is 2.49. The van der Waals surface area contributed by atoms with Crippen molar-refractivity contribution in [1.82, 2.24) is 14.4 Å². The lowest BCUT2D eigenvalue weighted by Crippen LogP contribution is -2.44. The Balaban J connectivity index is 2.17. The Morgan fingerprint density at radius 3 is 2.33 bits per heavy atom. The van der Waals surface area contributed by atoms with Gasteiger partial charge in [-0.2, -0.15) is 0 Å². The molecule has 0 N–H and O–H groups in total. The molecule has 0 spiro atoms. The number of ether oxygens (including phenoxy) is 2. The third kappa shape index (κ3) is 6.71. The van der Waals surface area contributed by atoms with Gasteiger partial charge in [0.2, 0.25) is 5.91 Å². The first-order chi connectivity index (χ1) is 14.5. The van der Waals surface area contributed by atoms with E-state index in [4.69, 9.17) is 9.47 Å². The van der Waals surface area contributed by atoms with Crippen LogP contribution in [0.15, 0.2) is 42.6 Å². The Bertz CT molecular complexity index is 818. The highest BCUT2D eigenvalue weighted by molar-refractivity contribution is 5.97. The van der Waals surface area contributed by atoms with Crippen LogP contribution in [0.2, 0.25) is 0 Å². The van der Waals surface area contributed by atoms with Crippen LogP contribution in [0.5, 0.6) is 0 Å². The lowest BCUT2D eigenvalue weighted by Gasteiger charge is -2.28. The Labute approximate surface area is 179 Å². The van der Waals surface area contributed by atoms with E-state index < -0.39 is 0 Å². The normalized spacial score (nSPS) is 10.8. The van der Waals surface area contributed by atoms with Gasteiger partial charge in [-0.3, -0.25) is 9.59 Å². The summed E-state index contributed by atoms with van der Waals surface area (Å²) < 4.78 is 12.3. The van der Waals surface area contributed by atoms with Crippen molar-refractivity contribution in [1.29, 1.82) is 0 Å². The molecule has 2 rings (SSSR count). The van der Waals surface area contributed by atoms with Gasteiger partial charge in [-0.15, -0.1) is 0 Å². The van der Waals surface area contributed by atoms with Crippen molar-refractivity contribution in [3.05, 3.63) is 59.4 Å². The van der Waals surface area contributed by atoms with E-state index in [0.29, 0.717) is 44.8 Å². The van der Waals surface area contributed by atoms with Crippen LogP contribution in [0.1, 0.15) is 28.0 Å². The molecular weight excluding hydrogens is 382 g/mol. The molecular formula is C23H33N3O4. The first-order valence-electron chi connectivity index (χ1n) is 10.2. The number of carbonyl (C=O) groups excluding carboxylic acids is 2. The number of carbonyl (C=O) groups is 2. The fourth-order valence-electron chi connectivity index (χ4n) is 3.25. The fraction of sp³-hybridized carbons (Fsp3) is 0.478. The van der Waals surface area contributed by atoms with Crippen molar-refractivity contribution < 1.29 is 19.1 Å². The van der Waals surface area contributed by atoms with Crippen molar-refractivity contribution in [3.63, 3.8) is 0 Å². The van der Waals surface area contributed by atoms with Crippen molar-refractivity contribution in [3.8, 4) is 0 Å². The monoisotopic (exact) mass is 415 g/mol. The smallest absolute Gasteiger partial charge is 0.254 e. The Kier molecular flexibility index (Phi) is 9.57. The lowest BCUT2D eigenvalue weighted by molar-refractivity contribution is -0.133. The standard InChI is InChI=1S/C23H33N3O4/c1-19-9-5-6-11-21(19)23(28)26(13-8-15-29-3)18-22(27)25(14-16-30-4)17-20-10-7-12-24(20)2/h5-7,9-12H,8,13-18H2,1-4H3. The van der Waals surface area contributed by atoms with Crippen LogP contribution in [0, 0.1) is 6.92 Å². The maximum Gasteiger partial charge on any atom is 0.254 e. The van der Waals surface area contributed by atoms with Crippen molar-refractivity contribution in [2.24, 2.45) is 7.05 Å². The number of nitrogens with zero attached hydrogens (tertiary/aromatic N) is 3. The zero-order valence-electron chi connectivity index (χ0n) is 18.5. The van der Waals surface area contributed by atoms with Gasteiger partial charge in [0.1, 0.15) is 6.54 Å². The lowest BCUT2D eigenvalue weighted by atomic mass is 10.1. The SMILES string of the molecule is COCCCN(CC(=O)N(CCOC)Cc1cccn1C)C(=O)c1ccccc1C. The van der Waals surface area contributed by atoms with E-state index in [1.165, 1.54) is 0 Å². The second kappa shape index (κ2) is 12.1. The number of benzene rings is 1. The van der Waals surface area contributed by atoms with Gasteiger partial charge in [0, 0.05) is 58.4 Å². The maximum absolute atomic E-state index is 13.2. The van der Waals surface area contributed by atoms with Gasteiger partial charge in [-0.25, -0.2) is 0 Å². The van der Waals surface area contributed by atoms with Gasteiger partial charge in [0.05, 0.1) is 13.2 Å². The van der Waals surface area contributed by atoms with Crippen LogP contribution < -0.4 is 0 Å². The third-order valence-electron chi connectivity index (χ3n) is 5.09. The first-order valence-corrected chi connectivity index (χ1v) is 10.2. The van der Waals surface area contributed by atoms with Crippen LogP contribution in [0.3, 0.4) is 0 Å². The zero-order chi connectivity index (χ0) is 21.9.